The molecule has 0 N–H and O–H groups in total. The van der Waals surface area contributed by atoms with Crippen LogP contribution in [0.5, 0.6) is 0 Å². The van der Waals surface area contributed by atoms with Crippen LogP contribution in [0.2, 0.25) is 0 Å². The van der Waals surface area contributed by atoms with Gasteiger partial charge in [-0.15, -0.1) is 0 Å². The van der Waals surface area contributed by atoms with E-state index in [4.69, 9.17) is 0 Å². The van der Waals surface area contributed by atoms with E-state index in [1.165, 1.54) is 34.5 Å². The first kappa shape index (κ1) is 12.6. The fraction of sp³-hybridized carbons (Fsp3) is 1.00. The van der Waals surface area contributed by atoms with Crippen LogP contribution in [0.3, 0.4) is 0 Å². The van der Waals surface area contributed by atoms with E-state index in [1.807, 2.05) is 0 Å². The Labute approximate surface area is 111 Å². The molecule has 0 radical (unpaired) electrons. The van der Waals surface area contributed by atoms with Crippen molar-refractivity contribution < 1.29 is 0 Å². The second-order valence-corrected chi connectivity index (χ2v) is 11.0. The van der Waals surface area contributed by atoms with Crippen molar-refractivity contribution >= 4 is 66.7 Å². The van der Waals surface area contributed by atoms with Gasteiger partial charge in [-0.1, -0.05) is 43.2 Å². The standard InChI is InChI=1S/C8H14S6/c1(11-13-5-7-3-9-7)2-12-14-6-8-4-10-8/h7-8H,1-6H2. The highest BCUT2D eigenvalue weighted by molar-refractivity contribution is 8.78. The van der Waals surface area contributed by atoms with Gasteiger partial charge in [-0.2, -0.15) is 23.5 Å². The monoisotopic (exact) mass is 302 g/mol. The molecule has 0 amide bonds. The topological polar surface area (TPSA) is 0 Å². The number of hydrogen-bond donors (Lipinski definition) is 0. The first-order valence-electron chi connectivity index (χ1n) is 4.67. The highest BCUT2D eigenvalue weighted by Crippen LogP contribution is 2.38. The molecular formula is C8H14S6. The third-order valence-electron chi connectivity index (χ3n) is 1.73. The van der Waals surface area contributed by atoms with Crippen LogP contribution in [0.15, 0.2) is 0 Å². The molecule has 0 spiro atoms. The van der Waals surface area contributed by atoms with Gasteiger partial charge in [0, 0.05) is 45.0 Å². The molecule has 0 bridgehead atoms. The quantitative estimate of drug-likeness (QED) is 0.356. The van der Waals surface area contributed by atoms with E-state index in [9.17, 15) is 0 Å². The SMILES string of the molecule is C(CSSCC1CS1)SSCC1CS1. The minimum absolute atomic E-state index is 1.00. The molecule has 2 aliphatic heterocycles. The van der Waals surface area contributed by atoms with E-state index in [2.05, 4.69) is 66.7 Å². The van der Waals surface area contributed by atoms with E-state index in [0.29, 0.717) is 0 Å². The molecule has 2 fully saturated rings. The van der Waals surface area contributed by atoms with E-state index in [0.717, 1.165) is 10.5 Å². The third-order valence-corrected chi connectivity index (χ3v) is 9.32. The summed E-state index contributed by atoms with van der Waals surface area (Å²) in [6.45, 7) is 0. The van der Waals surface area contributed by atoms with Crippen molar-refractivity contribution in [2.75, 3.05) is 34.5 Å². The molecule has 0 aliphatic carbocycles. The van der Waals surface area contributed by atoms with Crippen molar-refractivity contribution in [3.8, 4) is 0 Å². The van der Waals surface area contributed by atoms with Crippen LogP contribution in [-0.4, -0.2) is 45.0 Å². The zero-order chi connectivity index (χ0) is 9.64. The van der Waals surface area contributed by atoms with Gasteiger partial charge in [0.05, 0.1) is 0 Å². The molecule has 82 valence electrons. The average molecular weight is 303 g/mol. The first-order valence-corrected chi connectivity index (χ1v) is 11.7. The maximum absolute atomic E-state index is 2.10. The van der Waals surface area contributed by atoms with Crippen molar-refractivity contribution in [3.63, 3.8) is 0 Å². The van der Waals surface area contributed by atoms with Crippen molar-refractivity contribution in [2.24, 2.45) is 0 Å². The average Bonchev–Trinajstić information content (AvgIpc) is 3.00. The van der Waals surface area contributed by atoms with Crippen LogP contribution < -0.4 is 0 Å². The predicted octanol–water partition coefficient (Wildman–Crippen LogP) is 3.98. The summed E-state index contributed by atoms with van der Waals surface area (Å²) < 4.78 is 0. The van der Waals surface area contributed by atoms with E-state index in [1.54, 1.807) is 0 Å². The summed E-state index contributed by atoms with van der Waals surface area (Å²) in [7, 11) is 8.26. The van der Waals surface area contributed by atoms with Crippen LogP contribution in [-0.2, 0) is 0 Å². The largest absolute Gasteiger partial charge is 0.156 e. The summed E-state index contributed by atoms with van der Waals surface area (Å²) in [5.74, 6) is 8.20. The molecule has 2 heterocycles. The molecule has 2 unspecified atom stereocenters. The van der Waals surface area contributed by atoms with Crippen molar-refractivity contribution in [3.05, 3.63) is 0 Å². The van der Waals surface area contributed by atoms with Crippen LogP contribution in [0.4, 0.5) is 0 Å². The van der Waals surface area contributed by atoms with Crippen LogP contribution in [0.25, 0.3) is 0 Å². The maximum atomic E-state index is 2.10. The second-order valence-electron chi connectivity index (χ2n) is 3.12. The molecule has 2 atom stereocenters. The Balaban J connectivity index is 1.25. The second kappa shape index (κ2) is 7.43. The lowest BCUT2D eigenvalue weighted by Gasteiger charge is -1.99. The van der Waals surface area contributed by atoms with Gasteiger partial charge in [0.15, 0.2) is 0 Å². The smallest absolute Gasteiger partial charge is 0.0237 e. The highest BCUT2D eigenvalue weighted by Gasteiger charge is 2.22. The van der Waals surface area contributed by atoms with Gasteiger partial charge < -0.3 is 0 Å². The van der Waals surface area contributed by atoms with Crippen LogP contribution in [0.1, 0.15) is 0 Å². The molecule has 0 aromatic rings. The molecular weight excluding hydrogens is 288 g/mol. The summed E-state index contributed by atoms with van der Waals surface area (Å²) in [5.41, 5.74) is 0. The number of hydrogen-bond acceptors (Lipinski definition) is 6. The fourth-order valence-corrected chi connectivity index (χ4v) is 8.27. The molecule has 0 nitrogen and oxygen atoms in total. The van der Waals surface area contributed by atoms with Gasteiger partial charge in [-0.25, -0.2) is 0 Å². The predicted molar refractivity (Wildman–Crippen MR) is 82.3 cm³/mol. The van der Waals surface area contributed by atoms with E-state index >= 15 is 0 Å². The zero-order valence-electron chi connectivity index (χ0n) is 7.85. The first-order chi connectivity index (χ1) is 6.95. The normalized spacial score (nSPS) is 29.1. The summed E-state index contributed by atoms with van der Waals surface area (Å²) in [6.07, 6.45) is 0. The lowest BCUT2D eigenvalue weighted by atomic mass is 10.6. The Morgan fingerprint density at radius 1 is 0.786 bits per heavy atom. The summed E-state index contributed by atoms with van der Waals surface area (Å²) in [5, 5.41) is 2.00. The Bertz CT molecular complexity index is 138. The molecule has 6 heteroatoms. The molecule has 0 aromatic carbocycles. The van der Waals surface area contributed by atoms with Crippen molar-refractivity contribution in [1.82, 2.24) is 0 Å². The minimum Gasteiger partial charge on any atom is -0.156 e. The zero-order valence-corrected chi connectivity index (χ0v) is 12.7. The molecule has 14 heavy (non-hydrogen) atoms. The summed E-state index contributed by atoms with van der Waals surface area (Å²) in [4.78, 5) is 0. The molecule has 0 aromatic heterocycles. The summed E-state index contributed by atoms with van der Waals surface area (Å²) in [6, 6.07) is 0. The lowest BCUT2D eigenvalue weighted by molar-refractivity contribution is 1.28. The Morgan fingerprint density at radius 3 is 1.57 bits per heavy atom. The van der Waals surface area contributed by atoms with Crippen LogP contribution >= 0.6 is 66.7 Å². The van der Waals surface area contributed by atoms with Gasteiger partial charge in [0.25, 0.3) is 0 Å². The molecule has 2 saturated heterocycles. The van der Waals surface area contributed by atoms with Crippen molar-refractivity contribution in [2.45, 2.75) is 10.5 Å². The molecule has 2 aliphatic rings. The number of thioether (sulfide) groups is 2. The lowest BCUT2D eigenvalue weighted by Crippen LogP contribution is -1.87. The van der Waals surface area contributed by atoms with Crippen molar-refractivity contribution in [1.29, 1.82) is 0 Å². The minimum atomic E-state index is 1.00. The van der Waals surface area contributed by atoms with Gasteiger partial charge in [0.2, 0.25) is 0 Å². The molecule has 2 rings (SSSR count). The van der Waals surface area contributed by atoms with Gasteiger partial charge >= 0.3 is 0 Å². The van der Waals surface area contributed by atoms with E-state index < -0.39 is 0 Å². The number of rotatable bonds is 9. The van der Waals surface area contributed by atoms with E-state index in [-0.39, 0.29) is 0 Å². The van der Waals surface area contributed by atoms with Gasteiger partial charge in [-0.3, -0.25) is 0 Å². The Hall–Kier alpha value is 2.10. The third kappa shape index (κ3) is 6.63. The van der Waals surface area contributed by atoms with Crippen LogP contribution in [0, 0.1) is 0 Å². The van der Waals surface area contributed by atoms with Gasteiger partial charge in [-0.05, 0) is 0 Å². The fourth-order valence-electron chi connectivity index (χ4n) is 0.762. The van der Waals surface area contributed by atoms with Gasteiger partial charge in [0.1, 0.15) is 0 Å². The highest BCUT2D eigenvalue weighted by atomic mass is 33.1. The Morgan fingerprint density at radius 2 is 1.21 bits per heavy atom. The Kier molecular flexibility index (Phi) is 6.66. The summed E-state index contributed by atoms with van der Waals surface area (Å²) >= 11 is 4.21. The maximum Gasteiger partial charge on any atom is 0.0237 e. The molecule has 0 saturated carbocycles.